The zero-order chi connectivity index (χ0) is 9.56. The van der Waals surface area contributed by atoms with Crippen molar-refractivity contribution in [2.24, 2.45) is 5.92 Å². The van der Waals surface area contributed by atoms with Crippen LogP contribution in [0.1, 0.15) is 27.2 Å². The van der Waals surface area contributed by atoms with Gasteiger partial charge in [-0.05, 0) is 24.7 Å². The predicted molar refractivity (Wildman–Crippen MR) is 52.5 cm³/mol. The van der Waals surface area contributed by atoms with Crippen molar-refractivity contribution in [3.8, 4) is 0 Å². The van der Waals surface area contributed by atoms with Crippen LogP contribution in [-0.4, -0.2) is 17.2 Å². The minimum atomic E-state index is -1.31. The molecule has 2 N–H and O–H groups in total. The van der Waals surface area contributed by atoms with E-state index in [0.717, 1.165) is 0 Å². The molecule has 0 radical (unpaired) electrons. The highest BCUT2D eigenvalue weighted by Gasteiger charge is 2.10. The molecule has 0 rings (SSSR count). The van der Waals surface area contributed by atoms with Crippen LogP contribution in [0.15, 0.2) is 23.7 Å². The van der Waals surface area contributed by atoms with Gasteiger partial charge >= 0.3 is 7.12 Å². The molecule has 0 heterocycles. The Morgan fingerprint density at radius 3 is 2.33 bits per heavy atom. The second kappa shape index (κ2) is 6.03. The Morgan fingerprint density at radius 2 is 2.00 bits per heavy atom. The van der Waals surface area contributed by atoms with Crippen molar-refractivity contribution in [1.82, 2.24) is 0 Å². The Labute approximate surface area is 74.8 Å². The average molecular weight is 168 g/mol. The molecule has 0 aliphatic heterocycles. The van der Waals surface area contributed by atoms with Gasteiger partial charge in [-0.2, -0.15) is 0 Å². The highest BCUT2D eigenvalue weighted by Crippen LogP contribution is 2.05. The van der Waals surface area contributed by atoms with Gasteiger partial charge in [0.25, 0.3) is 0 Å². The lowest BCUT2D eigenvalue weighted by Gasteiger charge is -2.01. The highest BCUT2D eigenvalue weighted by molar-refractivity contribution is 6.50. The van der Waals surface area contributed by atoms with Gasteiger partial charge in [0.2, 0.25) is 0 Å². The van der Waals surface area contributed by atoms with E-state index < -0.39 is 7.12 Å². The number of hydrogen-bond donors (Lipinski definition) is 2. The van der Waals surface area contributed by atoms with E-state index in [1.807, 2.05) is 12.2 Å². The van der Waals surface area contributed by atoms with Gasteiger partial charge in [-0.1, -0.05) is 32.1 Å². The second-order valence-corrected chi connectivity index (χ2v) is 3.11. The maximum atomic E-state index is 8.83. The molecule has 0 aliphatic carbocycles. The van der Waals surface area contributed by atoms with Crippen LogP contribution in [0.3, 0.4) is 0 Å². The van der Waals surface area contributed by atoms with Crippen molar-refractivity contribution in [2.45, 2.75) is 27.2 Å². The normalized spacial score (nSPS) is 13.0. The monoisotopic (exact) mass is 168 g/mol. The first-order valence-electron chi connectivity index (χ1n) is 4.25. The van der Waals surface area contributed by atoms with Crippen LogP contribution in [0.25, 0.3) is 0 Å². The molecular weight excluding hydrogens is 151 g/mol. The molecule has 0 bridgehead atoms. The molecular formula is C9H17BO2. The summed E-state index contributed by atoms with van der Waals surface area (Å²) in [5.41, 5.74) is 0.645. The van der Waals surface area contributed by atoms with E-state index in [-0.39, 0.29) is 0 Å². The molecule has 0 saturated carbocycles. The molecule has 0 saturated heterocycles. The first-order valence-corrected chi connectivity index (χ1v) is 4.25. The lowest BCUT2D eigenvalue weighted by Crippen LogP contribution is -2.14. The van der Waals surface area contributed by atoms with Gasteiger partial charge in [-0.15, -0.1) is 0 Å². The lowest BCUT2D eigenvalue weighted by atomic mass is 9.77. The minimum Gasteiger partial charge on any atom is -0.423 e. The molecule has 2 nitrogen and oxygen atoms in total. The van der Waals surface area contributed by atoms with Crippen LogP contribution in [0.5, 0.6) is 0 Å². The summed E-state index contributed by atoms with van der Waals surface area (Å²) in [5.74, 6) is 0.513. The Balaban J connectivity index is 3.90. The first-order chi connectivity index (χ1) is 5.57. The summed E-state index contributed by atoms with van der Waals surface area (Å²) in [6.07, 6.45) is 6.35. The summed E-state index contributed by atoms with van der Waals surface area (Å²) in [6.45, 7) is 5.97. The maximum absolute atomic E-state index is 8.83. The van der Waals surface area contributed by atoms with Gasteiger partial charge < -0.3 is 10.0 Å². The summed E-state index contributed by atoms with van der Waals surface area (Å²) < 4.78 is 0. The molecule has 0 aliphatic rings. The van der Waals surface area contributed by atoms with E-state index in [1.54, 1.807) is 13.0 Å². The minimum absolute atomic E-state index is 0.513. The van der Waals surface area contributed by atoms with Crippen LogP contribution in [0.2, 0.25) is 0 Å². The fraction of sp³-hybridized carbons (Fsp3) is 0.556. The van der Waals surface area contributed by atoms with Crippen molar-refractivity contribution in [1.29, 1.82) is 0 Å². The van der Waals surface area contributed by atoms with E-state index in [9.17, 15) is 0 Å². The Morgan fingerprint density at radius 1 is 1.42 bits per heavy atom. The van der Waals surface area contributed by atoms with Crippen LogP contribution < -0.4 is 0 Å². The fourth-order valence-electron chi connectivity index (χ4n) is 0.849. The van der Waals surface area contributed by atoms with Crippen LogP contribution in [0.4, 0.5) is 0 Å². The molecule has 12 heavy (non-hydrogen) atoms. The molecule has 0 aromatic heterocycles. The predicted octanol–water partition coefficient (Wildman–Crippen LogP) is 1.55. The van der Waals surface area contributed by atoms with E-state index in [2.05, 4.69) is 13.8 Å². The molecule has 0 aromatic rings. The molecule has 0 aromatic carbocycles. The Kier molecular flexibility index (Phi) is 5.76. The van der Waals surface area contributed by atoms with Crippen molar-refractivity contribution in [3.63, 3.8) is 0 Å². The summed E-state index contributed by atoms with van der Waals surface area (Å²) in [6, 6.07) is 0. The van der Waals surface area contributed by atoms with Crippen molar-refractivity contribution < 1.29 is 10.0 Å². The Hall–Kier alpha value is -0.535. The first kappa shape index (κ1) is 11.5. The summed E-state index contributed by atoms with van der Waals surface area (Å²) in [7, 11) is -1.31. The quantitative estimate of drug-likeness (QED) is 0.493. The molecule has 0 spiro atoms. The third-order valence-electron chi connectivity index (χ3n) is 1.58. The van der Waals surface area contributed by atoms with Gasteiger partial charge in [0, 0.05) is 0 Å². The van der Waals surface area contributed by atoms with E-state index in [1.165, 1.54) is 0 Å². The molecule has 0 fully saturated rings. The third-order valence-corrected chi connectivity index (χ3v) is 1.58. The lowest BCUT2D eigenvalue weighted by molar-refractivity contribution is 0.417. The standard InChI is InChI=1S/C9H17BO2/c1-4-9(10(11)12)7-5-6-8(2)3/h4-6,8,11-12H,7H2,1-3H3/b6-5-,9-4+. The molecule has 0 unspecified atom stereocenters. The van der Waals surface area contributed by atoms with Crippen LogP contribution >= 0.6 is 0 Å². The second-order valence-electron chi connectivity index (χ2n) is 3.11. The van der Waals surface area contributed by atoms with E-state index in [4.69, 9.17) is 10.0 Å². The van der Waals surface area contributed by atoms with Gasteiger partial charge in [0.05, 0.1) is 0 Å². The molecule has 0 atom stereocenters. The number of allylic oxidation sites excluding steroid dienone is 4. The van der Waals surface area contributed by atoms with Crippen LogP contribution in [-0.2, 0) is 0 Å². The van der Waals surface area contributed by atoms with Crippen LogP contribution in [0, 0.1) is 5.92 Å². The average Bonchev–Trinajstić information content (AvgIpc) is 1.96. The van der Waals surface area contributed by atoms with Gasteiger partial charge in [-0.3, -0.25) is 0 Å². The summed E-state index contributed by atoms with van der Waals surface area (Å²) >= 11 is 0. The topological polar surface area (TPSA) is 40.5 Å². The number of rotatable bonds is 4. The van der Waals surface area contributed by atoms with Crippen molar-refractivity contribution >= 4 is 7.12 Å². The molecule has 0 amide bonds. The maximum Gasteiger partial charge on any atom is 0.484 e. The SMILES string of the molecule is C/C=C(\C/C=C\C(C)C)B(O)O. The highest BCUT2D eigenvalue weighted by atomic mass is 16.4. The van der Waals surface area contributed by atoms with Gasteiger partial charge in [-0.25, -0.2) is 0 Å². The summed E-state index contributed by atoms with van der Waals surface area (Å²) in [4.78, 5) is 0. The Bertz CT molecular complexity index is 171. The third kappa shape index (κ3) is 5.16. The molecule has 68 valence electrons. The zero-order valence-corrected chi connectivity index (χ0v) is 7.99. The summed E-state index contributed by atoms with van der Waals surface area (Å²) in [5, 5.41) is 17.7. The fourth-order valence-corrected chi connectivity index (χ4v) is 0.849. The van der Waals surface area contributed by atoms with Gasteiger partial charge in [0.15, 0.2) is 0 Å². The zero-order valence-electron chi connectivity index (χ0n) is 7.99. The van der Waals surface area contributed by atoms with Crippen molar-refractivity contribution in [2.75, 3.05) is 0 Å². The molecule has 3 heteroatoms. The van der Waals surface area contributed by atoms with E-state index in [0.29, 0.717) is 17.8 Å². The van der Waals surface area contributed by atoms with Gasteiger partial charge in [0.1, 0.15) is 0 Å². The van der Waals surface area contributed by atoms with E-state index >= 15 is 0 Å². The van der Waals surface area contributed by atoms with Crippen molar-refractivity contribution in [3.05, 3.63) is 23.7 Å². The number of hydrogen-bond acceptors (Lipinski definition) is 2. The smallest absolute Gasteiger partial charge is 0.423 e. The largest absolute Gasteiger partial charge is 0.484 e.